The van der Waals surface area contributed by atoms with Crippen molar-refractivity contribution in [3.8, 4) is 11.5 Å². The van der Waals surface area contributed by atoms with Gasteiger partial charge in [0.05, 0.1) is 18.8 Å². The van der Waals surface area contributed by atoms with Gasteiger partial charge in [-0.2, -0.15) is 0 Å². The topological polar surface area (TPSA) is 44.8 Å². The van der Waals surface area contributed by atoms with Crippen molar-refractivity contribution in [1.82, 2.24) is 0 Å². The molecule has 0 spiro atoms. The third-order valence-corrected chi connectivity index (χ3v) is 2.09. The van der Waals surface area contributed by atoms with Crippen LogP contribution in [0.25, 0.3) is 0 Å². The molecule has 0 saturated heterocycles. The second-order valence-corrected chi connectivity index (χ2v) is 3.55. The lowest BCUT2D eigenvalue weighted by Crippen LogP contribution is -2.06. The van der Waals surface area contributed by atoms with Crippen molar-refractivity contribution in [2.24, 2.45) is 0 Å². The molecule has 0 fully saturated rings. The molecule has 0 aromatic heterocycles. The van der Waals surface area contributed by atoms with E-state index < -0.39 is 0 Å². The van der Waals surface area contributed by atoms with Gasteiger partial charge in [-0.15, -0.1) is 0 Å². The van der Waals surface area contributed by atoms with Crippen LogP contribution in [0, 0.1) is 0 Å². The van der Waals surface area contributed by atoms with Crippen molar-refractivity contribution in [1.29, 1.82) is 0 Å². The molecule has 0 heterocycles. The van der Waals surface area contributed by atoms with E-state index in [-0.39, 0.29) is 5.97 Å². The van der Waals surface area contributed by atoms with Gasteiger partial charge in [-0.25, -0.2) is 4.79 Å². The van der Waals surface area contributed by atoms with Crippen molar-refractivity contribution >= 4 is 5.97 Å². The van der Waals surface area contributed by atoms with Crippen molar-refractivity contribution in [3.05, 3.63) is 36.1 Å². The van der Waals surface area contributed by atoms with Crippen LogP contribution in [0.3, 0.4) is 0 Å². The van der Waals surface area contributed by atoms with E-state index in [1.54, 1.807) is 26.0 Å². The number of hydrogen-bond donors (Lipinski definition) is 0. The molecule has 0 amide bonds. The lowest BCUT2D eigenvalue weighted by atomic mass is 10.3. The summed E-state index contributed by atoms with van der Waals surface area (Å²) >= 11 is 0. The van der Waals surface area contributed by atoms with Gasteiger partial charge in [0, 0.05) is 6.07 Å². The van der Waals surface area contributed by atoms with Crippen LogP contribution in [-0.4, -0.2) is 19.2 Å². The first kappa shape index (κ1) is 14.1. The summed E-state index contributed by atoms with van der Waals surface area (Å²) in [7, 11) is 0. The maximum Gasteiger partial charge on any atom is 0.336 e. The predicted molar refractivity (Wildman–Crippen MR) is 68.6 cm³/mol. The van der Waals surface area contributed by atoms with Crippen molar-refractivity contribution in [2.75, 3.05) is 13.2 Å². The molecule has 4 nitrogen and oxygen atoms in total. The number of esters is 1. The van der Waals surface area contributed by atoms with Crippen LogP contribution < -0.4 is 9.47 Å². The lowest BCUT2D eigenvalue weighted by Gasteiger charge is -2.06. The van der Waals surface area contributed by atoms with Crippen molar-refractivity contribution in [3.63, 3.8) is 0 Å². The van der Waals surface area contributed by atoms with Crippen LogP contribution in [0.1, 0.15) is 20.8 Å². The van der Waals surface area contributed by atoms with Crippen LogP contribution in [0.4, 0.5) is 0 Å². The number of benzene rings is 1. The molecule has 0 N–H and O–H groups in total. The van der Waals surface area contributed by atoms with E-state index in [1.807, 2.05) is 19.1 Å². The molecule has 1 aromatic rings. The highest BCUT2D eigenvalue weighted by molar-refractivity contribution is 5.87. The molecule has 1 aromatic carbocycles. The molecule has 0 saturated carbocycles. The predicted octanol–water partition coefficient (Wildman–Crippen LogP) is 2.93. The van der Waals surface area contributed by atoms with Gasteiger partial charge in [0.1, 0.15) is 17.8 Å². The molecule has 98 valence electrons. The Balaban J connectivity index is 2.64. The minimum Gasteiger partial charge on any atom is -0.494 e. The average Bonchev–Trinajstić information content (AvgIpc) is 2.37. The Labute approximate surface area is 107 Å². The average molecular weight is 250 g/mol. The summed E-state index contributed by atoms with van der Waals surface area (Å²) in [5.74, 6) is 0.972. The summed E-state index contributed by atoms with van der Waals surface area (Å²) in [4.78, 5) is 11.3. The van der Waals surface area contributed by atoms with Crippen LogP contribution in [0.15, 0.2) is 36.1 Å². The Morgan fingerprint density at radius 1 is 1.22 bits per heavy atom. The first-order chi connectivity index (χ1) is 8.67. The fourth-order valence-electron chi connectivity index (χ4n) is 1.25. The van der Waals surface area contributed by atoms with E-state index in [2.05, 4.69) is 0 Å². The van der Waals surface area contributed by atoms with Crippen LogP contribution in [0.2, 0.25) is 0 Å². The van der Waals surface area contributed by atoms with E-state index in [9.17, 15) is 4.79 Å². The van der Waals surface area contributed by atoms with Crippen molar-refractivity contribution in [2.45, 2.75) is 20.8 Å². The van der Waals surface area contributed by atoms with Gasteiger partial charge >= 0.3 is 5.97 Å². The van der Waals surface area contributed by atoms with E-state index in [0.717, 1.165) is 5.75 Å². The van der Waals surface area contributed by atoms with E-state index in [0.29, 0.717) is 24.5 Å². The third-order valence-electron chi connectivity index (χ3n) is 2.09. The summed E-state index contributed by atoms with van der Waals surface area (Å²) < 4.78 is 15.6. The Morgan fingerprint density at radius 3 is 2.61 bits per heavy atom. The lowest BCUT2D eigenvalue weighted by molar-refractivity contribution is -0.138. The molecule has 0 radical (unpaired) electrons. The number of hydrogen-bond acceptors (Lipinski definition) is 4. The fraction of sp³-hybridized carbons (Fsp3) is 0.357. The van der Waals surface area contributed by atoms with E-state index in [1.165, 1.54) is 6.26 Å². The molecule has 0 unspecified atom stereocenters. The first-order valence-electron chi connectivity index (χ1n) is 5.90. The minimum absolute atomic E-state index is 0.351. The molecule has 18 heavy (non-hydrogen) atoms. The summed E-state index contributed by atoms with van der Waals surface area (Å²) in [5, 5.41) is 0. The molecular formula is C14H18O4. The zero-order chi connectivity index (χ0) is 13.4. The maximum absolute atomic E-state index is 11.3. The Hall–Kier alpha value is -1.97. The number of rotatable bonds is 6. The van der Waals surface area contributed by atoms with E-state index >= 15 is 0 Å². The standard InChI is InChI=1S/C14H18O4/c1-4-16-12-7-6-8-13(9-12)18-10-11(3)14(15)17-5-2/h6-10H,4-5H2,1-3H3/b11-10-. The monoisotopic (exact) mass is 250 g/mol. The van der Waals surface area contributed by atoms with Gasteiger partial charge in [-0.3, -0.25) is 0 Å². The zero-order valence-corrected chi connectivity index (χ0v) is 10.9. The normalized spacial score (nSPS) is 10.9. The fourth-order valence-corrected chi connectivity index (χ4v) is 1.25. The zero-order valence-electron chi connectivity index (χ0n) is 10.9. The van der Waals surface area contributed by atoms with Gasteiger partial charge in [0.15, 0.2) is 0 Å². The summed E-state index contributed by atoms with van der Waals surface area (Å²) in [6.45, 7) is 6.27. The van der Waals surface area contributed by atoms with Crippen LogP contribution >= 0.6 is 0 Å². The Morgan fingerprint density at radius 2 is 1.94 bits per heavy atom. The summed E-state index contributed by atoms with van der Waals surface area (Å²) in [6, 6.07) is 7.22. The molecule has 0 atom stereocenters. The number of carbonyl (C=O) groups excluding carboxylic acids is 1. The highest BCUT2D eigenvalue weighted by atomic mass is 16.5. The smallest absolute Gasteiger partial charge is 0.336 e. The highest BCUT2D eigenvalue weighted by Gasteiger charge is 2.04. The van der Waals surface area contributed by atoms with Gasteiger partial charge in [0.2, 0.25) is 0 Å². The van der Waals surface area contributed by atoms with Crippen LogP contribution in [-0.2, 0) is 9.53 Å². The molecule has 0 aliphatic carbocycles. The minimum atomic E-state index is -0.376. The molecule has 0 aliphatic rings. The Bertz CT molecular complexity index is 424. The SMILES string of the molecule is CCOC(=O)/C(C)=C\Oc1cccc(OCC)c1. The molecule has 4 heteroatoms. The first-order valence-corrected chi connectivity index (χ1v) is 5.90. The number of carbonyl (C=O) groups is 1. The largest absolute Gasteiger partial charge is 0.494 e. The quantitative estimate of drug-likeness (QED) is 0.442. The maximum atomic E-state index is 11.3. The Kier molecular flexibility index (Phi) is 5.77. The second-order valence-electron chi connectivity index (χ2n) is 3.55. The van der Waals surface area contributed by atoms with E-state index in [4.69, 9.17) is 14.2 Å². The van der Waals surface area contributed by atoms with Gasteiger partial charge in [0.25, 0.3) is 0 Å². The molecule has 1 rings (SSSR count). The number of ether oxygens (including phenoxy) is 3. The summed E-state index contributed by atoms with van der Waals surface area (Å²) in [6.07, 6.45) is 1.38. The summed E-state index contributed by atoms with van der Waals surface area (Å²) in [5.41, 5.74) is 0.415. The second kappa shape index (κ2) is 7.37. The van der Waals surface area contributed by atoms with Gasteiger partial charge < -0.3 is 14.2 Å². The molecule has 0 bridgehead atoms. The molecule has 0 aliphatic heterocycles. The molecular weight excluding hydrogens is 232 g/mol. The third kappa shape index (κ3) is 4.49. The van der Waals surface area contributed by atoms with Gasteiger partial charge in [-0.05, 0) is 32.9 Å². The highest BCUT2D eigenvalue weighted by Crippen LogP contribution is 2.19. The van der Waals surface area contributed by atoms with Crippen molar-refractivity contribution < 1.29 is 19.0 Å². The van der Waals surface area contributed by atoms with Gasteiger partial charge in [-0.1, -0.05) is 6.07 Å². The van der Waals surface area contributed by atoms with Crippen LogP contribution in [0.5, 0.6) is 11.5 Å².